The fourth-order valence-corrected chi connectivity index (χ4v) is 3.18. The molecule has 4 aromatic rings. The van der Waals surface area contributed by atoms with Crippen LogP contribution >= 0.6 is 0 Å². The van der Waals surface area contributed by atoms with Crippen LogP contribution in [0, 0.1) is 0 Å². The number of nitrogen functional groups attached to an aromatic ring is 1. The summed E-state index contributed by atoms with van der Waals surface area (Å²) < 4.78 is 2.15. The second kappa shape index (κ2) is 5.63. The van der Waals surface area contributed by atoms with Crippen LogP contribution in [0.1, 0.15) is 25.6 Å². The lowest BCUT2D eigenvalue weighted by Crippen LogP contribution is -1.98. The highest BCUT2D eigenvalue weighted by atomic mass is 15.1. The van der Waals surface area contributed by atoms with Crippen molar-refractivity contribution >= 4 is 27.8 Å². The SMILES string of the molecule is CCCCc1nc2c(N)nc3cc(-c4ccn[nH]4)ccc3c2n1C. The van der Waals surface area contributed by atoms with Gasteiger partial charge in [0.1, 0.15) is 11.3 Å². The maximum atomic E-state index is 6.19. The number of imidazole rings is 1. The molecule has 0 aliphatic rings. The first kappa shape index (κ1) is 14.7. The summed E-state index contributed by atoms with van der Waals surface area (Å²) in [5, 5.41) is 8.06. The Bertz CT molecular complexity index is 1010. The number of aryl methyl sites for hydroxylation is 2. The van der Waals surface area contributed by atoms with Crippen LogP contribution in [-0.4, -0.2) is 24.7 Å². The van der Waals surface area contributed by atoms with Crippen LogP contribution in [0.2, 0.25) is 0 Å². The number of fused-ring (bicyclic) bond motifs is 3. The van der Waals surface area contributed by atoms with Crippen molar-refractivity contribution in [3.63, 3.8) is 0 Å². The van der Waals surface area contributed by atoms with Crippen molar-refractivity contribution in [2.24, 2.45) is 7.05 Å². The maximum absolute atomic E-state index is 6.19. The van der Waals surface area contributed by atoms with Gasteiger partial charge in [0.15, 0.2) is 5.82 Å². The number of hydrogen-bond acceptors (Lipinski definition) is 4. The number of nitrogens with zero attached hydrogens (tertiary/aromatic N) is 4. The molecule has 0 fully saturated rings. The molecular weight excluding hydrogens is 300 g/mol. The van der Waals surface area contributed by atoms with E-state index in [1.54, 1.807) is 6.20 Å². The first-order chi connectivity index (χ1) is 11.7. The van der Waals surface area contributed by atoms with Crippen molar-refractivity contribution in [1.82, 2.24) is 24.7 Å². The van der Waals surface area contributed by atoms with E-state index in [0.29, 0.717) is 5.82 Å². The van der Waals surface area contributed by atoms with Crippen molar-refractivity contribution in [2.45, 2.75) is 26.2 Å². The van der Waals surface area contributed by atoms with Crippen LogP contribution in [0.3, 0.4) is 0 Å². The first-order valence-corrected chi connectivity index (χ1v) is 8.23. The van der Waals surface area contributed by atoms with E-state index in [1.807, 2.05) is 12.1 Å². The van der Waals surface area contributed by atoms with Gasteiger partial charge in [0, 0.05) is 30.6 Å². The third-order valence-electron chi connectivity index (χ3n) is 4.49. The highest BCUT2D eigenvalue weighted by Crippen LogP contribution is 2.31. The molecule has 4 rings (SSSR count). The predicted octanol–water partition coefficient (Wildman–Crippen LogP) is 3.44. The Balaban J connectivity index is 1.95. The zero-order valence-corrected chi connectivity index (χ0v) is 13.9. The standard InChI is InChI=1S/C18H20N6/c1-3-4-5-15-22-16-17(24(15)2)12-7-6-11(13-8-9-20-23-13)10-14(12)21-18(16)19/h6-10H,3-5H2,1-2H3,(H2,19,21)(H,20,23). The van der Waals surface area contributed by atoms with E-state index in [4.69, 9.17) is 10.7 Å². The second-order valence-electron chi connectivity index (χ2n) is 6.09. The van der Waals surface area contributed by atoms with Gasteiger partial charge in [-0.15, -0.1) is 0 Å². The van der Waals surface area contributed by atoms with Crippen LogP contribution in [0.25, 0.3) is 33.2 Å². The van der Waals surface area contributed by atoms with E-state index in [-0.39, 0.29) is 0 Å². The number of anilines is 1. The van der Waals surface area contributed by atoms with Gasteiger partial charge < -0.3 is 10.3 Å². The molecule has 0 unspecified atom stereocenters. The number of pyridine rings is 1. The van der Waals surface area contributed by atoms with Gasteiger partial charge in [-0.2, -0.15) is 5.10 Å². The number of nitrogens with two attached hydrogens (primary N) is 1. The summed E-state index contributed by atoms with van der Waals surface area (Å²) >= 11 is 0. The van der Waals surface area contributed by atoms with Gasteiger partial charge >= 0.3 is 0 Å². The molecule has 3 aromatic heterocycles. The van der Waals surface area contributed by atoms with Crippen LogP contribution in [0.4, 0.5) is 5.82 Å². The largest absolute Gasteiger partial charge is 0.382 e. The van der Waals surface area contributed by atoms with Crippen molar-refractivity contribution in [2.75, 3.05) is 5.73 Å². The molecule has 3 heterocycles. The molecule has 0 aliphatic heterocycles. The molecule has 0 saturated heterocycles. The molecule has 0 atom stereocenters. The molecule has 0 bridgehead atoms. The normalized spacial score (nSPS) is 11.6. The number of H-pyrrole nitrogens is 1. The molecule has 122 valence electrons. The number of nitrogens with one attached hydrogen (secondary N) is 1. The Morgan fingerprint density at radius 1 is 1.21 bits per heavy atom. The van der Waals surface area contributed by atoms with E-state index >= 15 is 0 Å². The van der Waals surface area contributed by atoms with Gasteiger partial charge in [0.2, 0.25) is 0 Å². The molecule has 0 amide bonds. The van der Waals surface area contributed by atoms with Crippen molar-refractivity contribution in [3.8, 4) is 11.3 Å². The number of hydrogen-bond donors (Lipinski definition) is 2. The predicted molar refractivity (Wildman–Crippen MR) is 96.6 cm³/mol. The van der Waals surface area contributed by atoms with E-state index in [9.17, 15) is 0 Å². The average molecular weight is 320 g/mol. The van der Waals surface area contributed by atoms with Crippen LogP contribution < -0.4 is 5.73 Å². The smallest absolute Gasteiger partial charge is 0.152 e. The van der Waals surface area contributed by atoms with Gasteiger partial charge in [-0.3, -0.25) is 5.10 Å². The van der Waals surface area contributed by atoms with Crippen molar-refractivity contribution < 1.29 is 0 Å². The Hall–Kier alpha value is -2.89. The Morgan fingerprint density at radius 3 is 2.83 bits per heavy atom. The molecule has 0 aliphatic carbocycles. The number of unbranched alkanes of at least 4 members (excludes halogenated alkanes) is 1. The molecule has 6 heteroatoms. The van der Waals surface area contributed by atoms with Gasteiger partial charge in [-0.1, -0.05) is 19.4 Å². The fourth-order valence-electron chi connectivity index (χ4n) is 3.18. The van der Waals surface area contributed by atoms with Gasteiger partial charge in [-0.25, -0.2) is 9.97 Å². The van der Waals surface area contributed by atoms with Gasteiger partial charge in [0.25, 0.3) is 0 Å². The van der Waals surface area contributed by atoms with Gasteiger partial charge in [0.05, 0.1) is 16.7 Å². The molecule has 0 saturated carbocycles. The summed E-state index contributed by atoms with van der Waals surface area (Å²) in [6, 6.07) is 8.14. The maximum Gasteiger partial charge on any atom is 0.152 e. The lowest BCUT2D eigenvalue weighted by molar-refractivity contribution is 0.720. The zero-order valence-electron chi connectivity index (χ0n) is 13.9. The summed E-state index contributed by atoms with van der Waals surface area (Å²) in [6.45, 7) is 2.19. The molecule has 0 radical (unpaired) electrons. The second-order valence-corrected chi connectivity index (χ2v) is 6.09. The molecular formula is C18H20N6. The van der Waals surface area contributed by atoms with E-state index in [0.717, 1.165) is 58.3 Å². The molecule has 24 heavy (non-hydrogen) atoms. The van der Waals surface area contributed by atoms with E-state index < -0.39 is 0 Å². The molecule has 6 nitrogen and oxygen atoms in total. The summed E-state index contributed by atoms with van der Waals surface area (Å²) in [6.07, 6.45) is 4.96. The Labute approximate surface area is 139 Å². The third kappa shape index (κ3) is 2.22. The molecule has 0 spiro atoms. The van der Waals surface area contributed by atoms with Gasteiger partial charge in [-0.05, 0) is 24.6 Å². The quantitative estimate of drug-likeness (QED) is 0.603. The number of rotatable bonds is 4. The van der Waals surface area contributed by atoms with E-state index in [1.165, 1.54) is 0 Å². The highest BCUT2D eigenvalue weighted by molar-refractivity contribution is 6.07. The monoisotopic (exact) mass is 320 g/mol. The van der Waals surface area contributed by atoms with Crippen molar-refractivity contribution in [1.29, 1.82) is 0 Å². The average Bonchev–Trinajstić information content (AvgIpc) is 3.22. The summed E-state index contributed by atoms with van der Waals surface area (Å²) in [7, 11) is 2.06. The lowest BCUT2D eigenvalue weighted by Gasteiger charge is -2.06. The zero-order chi connectivity index (χ0) is 16.7. The topological polar surface area (TPSA) is 85.4 Å². The Kier molecular flexibility index (Phi) is 3.45. The number of benzene rings is 1. The third-order valence-corrected chi connectivity index (χ3v) is 4.49. The summed E-state index contributed by atoms with van der Waals surface area (Å²) in [4.78, 5) is 9.31. The van der Waals surface area contributed by atoms with E-state index in [2.05, 4.69) is 45.9 Å². The Morgan fingerprint density at radius 2 is 2.08 bits per heavy atom. The molecule has 3 N–H and O–H groups in total. The lowest BCUT2D eigenvalue weighted by atomic mass is 10.1. The highest BCUT2D eigenvalue weighted by Gasteiger charge is 2.15. The minimum absolute atomic E-state index is 0.484. The first-order valence-electron chi connectivity index (χ1n) is 8.23. The van der Waals surface area contributed by atoms with Crippen LogP contribution in [0.5, 0.6) is 0 Å². The minimum atomic E-state index is 0.484. The van der Waals surface area contributed by atoms with Crippen molar-refractivity contribution in [3.05, 3.63) is 36.3 Å². The number of aromatic nitrogens is 5. The summed E-state index contributed by atoms with van der Waals surface area (Å²) in [5.74, 6) is 1.54. The summed E-state index contributed by atoms with van der Waals surface area (Å²) in [5.41, 5.74) is 10.9. The van der Waals surface area contributed by atoms with Crippen LogP contribution in [0.15, 0.2) is 30.5 Å². The minimum Gasteiger partial charge on any atom is -0.382 e. The number of aromatic amines is 1. The molecule has 1 aromatic carbocycles. The fraction of sp³-hybridized carbons (Fsp3) is 0.278. The van der Waals surface area contributed by atoms with Crippen LogP contribution in [-0.2, 0) is 13.5 Å².